The van der Waals surface area contributed by atoms with Gasteiger partial charge in [0.05, 0.1) is 11.5 Å². The number of nitrogens with zero attached hydrogens (tertiary/aromatic N) is 1. The second-order valence-corrected chi connectivity index (χ2v) is 4.46. The first-order valence-corrected chi connectivity index (χ1v) is 6.60. The van der Waals surface area contributed by atoms with Crippen LogP contribution < -0.4 is 0 Å². The zero-order chi connectivity index (χ0) is 15.8. The summed E-state index contributed by atoms with van der Waals surface area (Å²) in [5.41, 5.74) is 0.180. The minimum absolute atomic E-state index is 0.106. The summed E-state index contributed by atoms with van der Waals surface area (Å²) in [6, 6.07) is 5.70. The van der Waals surface area contributed by atoms with E-state index in [9.17, 15) is 19.7 Å². The van der Waals surface area contributed by atoms with Gasteiger partial charge in [-0.15, -0.1) is 0 Å². The van der Waals surface area contributed by atoms with E-state index in [4.69, 9.17) is 4.74 Å². The van der Waals surface area contributed by atoms with Crippen molar-refractivity contribution in [3.63, 3.8) is 0 Å². The molecule has 0 spiro atoms. The highest BCUT2D eigenvalue weighted by Crippen LogP contribution is 2.16. The number of ether oxygens (including phenoxy) is 1. The van der Waals surface area contributed by atoms with Crippen LogP contribution in [0.2, 0.25) is 0 Å². The molecule has 0 radical (unpaired) electrons. The van der Waals surface area contributed by atoms with Gasteiger partial charge >= 0.3 is 5.97 Å². The lowest BCUT2D eigenvalue weighted by molar-refractivity contribution is -0.384. The number of rotatable bonds is 7. The predicted molar refractivity (Wildman–Crippen MR) is 77.6 cm³/mol. The van der Waals surface area contributed by atoms with Gasteiger partial charge in [0, 0.05) is 12.1 Å². The van der Waals surface area contributed by atoms with Gasteiger partial charge in [-0.3, -0.25) is 14.9 Å². The fraction of sp³-hybridized carbons (Fsp3) is 0.333. The summed E-state index contributed by atoms with van der Waals surface area (Å²) in [6.45, 7) is 3.46. The van der Waals surface area contributed by atoms with Crippen molar-refractivity contribution in [2.24, 2.45) is 0 Å². The number of hydrogen-bond donors (Lipinski definition) is 0. The van der Waals surface area contributed by atoms with Crippen molar-refractivity contribution in [2.75, 3.05) is 6.61 Å². The van der Waals surface area contributed by atoms with E-state index in [2.05, 4.69) is 0 Å². The summed E-state index contributed by atoms with van der Waals surface area (Å²) >= 11 is 0. The molecule has 0 bridgehead atoms. The van der Waals surface area contributed by atoms with E-state index in [-0.39, 0.29) is 17.9 Å². The molecule has 0 aromatic heterocycles. The number of unbranched alkanes of at least 4 members (excludes halogenated alkanes) is 1. The summed E-state index contributed by atoms with van der Waals surface area (Å²) < 4.78 is 4.99. The minimum Gasteiger partial charge on any atom is -0.462 e. The Labute approximate surface area is 122 Å². The van der Waals surface area contributed by atoms with Gasteiger partial charge in [0.15, 0.2) is 5.78 Å². The van der Waals surface area contributed by atoms with Crippen molar-refractivity contribution in [3.8, 4) is 0 Å². The smallest absolute Gasteiger partial charge is 0.341 e. The number of nitro groups is 1. The fourth-order valence-electron chi connectivity index (χ4n) is 1.59. The highest BCUT2D eigenvalue weighted by atomic mass is 16.6. The van der Waals surface area contributed by atoms with Gasteiger partial charge in [0.1, 0.15) is 5.57 Å². The average Bonchev–Trinajstić information content (AvgIpc) is 2.44. The number of esters is 1. The van der Waals surface area contributed by atoms with Crippen LogP contribution >= 0.6 is 0 Å². The number of carbonyl (C=O) groups excluding carboxylic acids is 2. The summed E-state index contributed by atoms with van der Waals surface area (Å²) in [4.78, 5) is 33.5. The van der Waals surface area contributed by atoms with E-state index in [1.807, 2.05) is 6.92 Å². The molecule has 0 aliphatic heterocycles. The normalized spacial score (nSPS) is 11.0. The lowest BCUT2D eigenvalue weighted by Crippen LogP contribution is -2.14. The van der Waals surface area contributed by atoms with Crippen LogP contribution in [0.1, 0.15) is 32.3 Å². The Morgan fingerprint density at radius 2 is 2.10 bits per heavy atom. The van der Waals surface area contributed by atoms with E-state index in [1.165, 1.54) is 31.2 Å². The molecule has 21 heavy (non-hydrogen) atoms. The Bertz CT molecular complexity index is 577. The summed E-state index contributed by atoms with van der Waals surface area (Å²) in [5.74, 6) is -1.15. The molecule has 0 aliphatic rings. The van der Waals surface area contributed by atoms with Crippen molar-refractivity contribution in [2.45, 2.75) is 26.7 Å². The topological polar surface area (TPSA) is 86.5 Å². The quantitative estimate of drug-likeness (QED) is 0.147. The van der Waals surface area contributed by atoms with Gasteiger partial charge in [-0.05, 0) is 25.0 Å². The molecule has 0 heterocycles. The third-order valence-electron chi connectivity index (χ3n) is 2.72. The number of hydrogen-bond acceptors (Lipinski definition) is 5. The number of carbonyl (C=O) groups is 2. The Kier molecular flexibility index (Phi) is 6.26. The summed E-state index contributed by atoms with van der Waals surface area (Å²) in [7, 11) is 0. The standard InChI is InChI=1S/C15H17NO5/c1-3-4-8-21-15(18)14(11(2)17)10-12-6-5-7-13(9-12)16(19)20/h5-7,9-10H,3-4,8H2,1-2H3/b14-10+. The third kappa shape index (κ3) is 5.18. The van der Waals surface area contributed by atoms with E-state index >= 15 is 0 Å². The molecule has 0 saturated carbocycles. The van der Waals surface area contributed by atoms with Crippen LogP contribution in [0.4, 0.5) is 5.69 Å². The molecule has 0 fully saturated rings. The van der Waals surface area contributed by atoms with Gasteiger partial charge in [-0.2, -0.15) is 0 Å². The minimum atomic E-state index is -0.706. The molecule has 112 valence electrons. The van der Waals surface area contributed by atoms with Gasteiger partial charge in [-0.1, -0.05) is 25.5 Å². The molecular formula is C15H17NO5. The monoisotopic (exact) mass is 291 g/mol. The molecule has 1 aromatic carbocycles. The second-order valence-electron chi connectivity index (χ2n) is 4.46. The first-order chi connectivity index (χ1) is 9.95. The van der Waals surface area contributed by atoms with Crippen molar-refractivity contribution in [1.82, 2.24) is 0 Å². The number of ketones is 1. The molecule has 0 aliphatic carbocycles. The van der Waals surface area contributed by atoms with Gasteiger partial charge in [-0.25, -0.2) is 4.79 Å². The zero-order valence-corrected chi connectivity index (χ0v) is 12.0. The van der Waals surface area contributed by atoms with Gasteiger partial charge in [0.2, 0.25) is 0 Å². The molecule has 0 atom stereocenters. The highest BCUT2D eigenvalue weighted by molar-refractivity contribution is 6.19. The highest BCUT2D eigenvalue weighted by Gasteiger charge is 2.16. The van der Waals surface area contributed by atoms with Gasteiger partial charge < -0.3 is 4.74 Å². The number of nitro benzene ring substituents is 1. The van der Waals surface area contributed by atoms with E-state index < -0.39 is 16.7 Å². The van der Waals surface area contributed by atoms with Crippen LogP contribution in [0.3, 0.4) is 0 Å². The van der Waals surface area contributed by atoms with E-state index in [0.29, 0.717) is 12.0 Å². The molecule has 6 nitrogen and oxygen atoms in total. The number of benzene rings is 1. The molecule has 0 saturated heterocycles. The predicted octanol–water partition coefficient (Wildman–Crippen LogP) is 2.91. The Morgan fingerprint density at radius 1 is 1.38 bits per heavy atom. The van der Waals surface area contributed by atoms with E-state index in [0.717, 1.165) is 6.42 Å². The van der Waals surface area contributed by atoms with Gasteiger partial charge in [0.25, 0.3) is 5.69 Å². The average molecular weight is 291 g/mol. The molecule has 0 N–H and O–H groups in total. The van der Waals surface area contributed by atoms with Crippen LogP contribution in [0.15, 0.2) is 29.8 Å². The third-order valence-corrected chi connectivity index (χ3v) is 2.72. The van der Waals surface area contributed by atoms with Crippen molar-refractivity contribution >= 4 is 23.5 Å². The van der Waals surface area contributed by atoms with Crippen LogP contribution in [0.25, 0.3) is 6.08 Å². The van der Waals surface area contributed by atoms with Crippen LogP contribution in [0.5, 0.6) is 0 Å². The molecule has 1 rings (SSSR count). The van der Waals surface area contributed by atoms with Crippen molar-refractivity contribution in [1.29, 1.82) is 0 Å². The lowest BCUT2D eigenvalue weighted by Gasteiger charge is -2.05. The first kappa shape index (κ1) is 16.6. The van der Waals surface area contributed by atoms with Crippen molar-refractivity contribution < 1.29 is 19.2 Å². The molecule has 1 aromatic rings. The second kappa shape index (κ2) is 7.94. The number of Topliss-reactive ketones (excluding diaryl/α,β-unsaturated/α-hetero) is 1. The summed E-state index contributed by atoms with van der Waals surface area (Å²) in [6.07, 6.45) is 2.90. The molecular weight excluding hydrogens is 274 g/mol. The van der Waals surface area contributed by atoms with Crippen LogP contribution in [-0.4, -0.2) is 23.3 Å². The van der Waals surface area contributed by atoms with Crippen LogP contribution in [-0.2, 0) is 14.3 Å². The maximum Gasteiger partial charge on any atom is 0.341 e. The largest absolute Gasteiger partial charge is 0.462 e. The maximum absolute atomic E-state index is 11.8. The van der Waals surface area contributed by atoms with E-state index in [1.54, 1.807) is 6.07 Å². The first-order valence-electron chi connectivity index (χ1n) is 6.60. The Morgan fingerprint density at radius 3 is 2.67 bits per heavy atom. The molecule has 6 heteroatoms. The van der Waals surface area contributed by atoms with Crippen molar-refractivity contribution in [3.05, 3.63) is 45.5 Å². The molecule has 0 amide bonds. The number of non-ortho nitro benzene ring substituents is 1. The lowest BCUT2D eigenvalue weighted by atomic mass is 10.1. The SMILES string of the molecule is CCCCOC(=O)/C(=C/c1cccc([N+](=O)[O-])c1)C(C)=O. The fourth-order valence-corrected chi connectivity index (χ4v) is 1.59. The molecule has 0 unspecified atom stereocenters. The van der Waals surface area contributed by atoms with Crippen LogP contribution in [0, 0.1) is 10.1 Å². The zero-order valence-electron chi connectivity index (χ0n) is 12.0. The Balaban J connectivity index is 2.99. The Hall–Kier alpha value is -2.50. The summed E-state index contributed by atoms with van der Waals surface area (Å²) in [5, 5.41) is 10.7. The maximum atomic E-state index is 11.8.